The van der Waals surface area contributed by atoms with E-state index in [1.165, 1.54) is 0 Å². The third-order valence-electron chi connectivity index (χ3n) is 2.99. The zero-order valence-corrected chi connectivity index (χ0v) is 11.5. The predicted octanol–water partition coefficient (Wildman–Crippen LogP) is 3.97. The number of nitrogens with zero attached hydrogens (tertiary/aromatic N) is 2. The zero-order valence-electron chi connectivity index (χ0n) is 9.98. The zero-order chi connectivity index (χ0) is 13.4. The molecule has 0 aliphatic heterocycles. The summed E-state index contributed by atoms with van der Waals surface area (Å²) >= 11 is 11.9. The van der Waals surface area contributed by atoms with Gasteiger partial charge in [-0.25, -0.2) is 0 Å². The van der Waals surface area contributed by atoms with Gasteiger partial charge in [-0.05, 0) is 35.9 Å². The van der Waals surface area contributed by atoms with Crippen molar-refractivity contribution in [2.75, 3.05) is 5.73 Å². The van der Waals surface area contributed by atoms with E-state index in [0.717, 1.165) is 22.2 Å². The average molecular weight is 292 g/mol. The van der Waals surface area contributed by atoms with Crippen molar-refractivity contribution in [2.24, 2.45) is 0 Å². The number of halogens is 2. The first-order chi connectivity index (χ1) is 9.13. The van der Waals surface area contributed by atoms with Crippen molar-refractivity contribution in [3.8, 4) is 0 Å². The van der Waals surface area contributed by atoms with Crippen molar-refractivity contribution in [1.82, 2.24) is 9.78 Å². The molecule has 0 aliphatic carbocycles. The fourth-order valence-corrected chi connectivity index (χ4v) is 2.35. The minimum atomic E-state index is 0.551. The Morgan fingerprint density at radius 3 is 2.68 bits per heavy atom. The molecule has 0 spiro atoms. The van der Waals surface area contributed by atoms with Crippen LogP contribution in [0.5, 0.6) is 0 Å². The molecule has 3 nitrogen and oxygen atoms in total. The van der Waals surface area contributed by atoms with Crippen LogP contribution in [-0.4, -0.2) is 9.78 Å². The van der Waals surface area contributed by atoms with Gasteiger partial charge in [0.2, 0.25) is 0 Å². The van der Waals surface area contributed by atoms with Crippen LogP contribution in [0.1, 0.15) is 5.56 Å². The smallest absolute Gasteiger partial charge is 0.0706 e. The van der Waals surface area contributed by atoms with Crippen LogP contribution in [0, 0.1) is 0 Å². The maximum absolute atomic E-state index is 6.02. The molecule has 3 aromatic rings. The molecule has 0 atom stereocenters. The average Bonchev–Trinajstić information content (AvgIpc) is 2.77. The summed E-state index contributed by atoms with van der Waals surface area (Å²) in [7, 11) is 0. The van der Waals surface area contributed by atoms with E-state index in [1.807, 2.05) is 41.2 Å². The molecule has 0 bridgehead atoms. The highest BCUT2D eigenvalue weighted by Gasteiger charge is 2.05. The first-order valence-electron chi connectivity index (χ1n) is 5.78. The van der Waals surface area contributed by atoms with Gasteiger partial charge in [-0.3, -0.25) is 4.68 Å². The van der Waals surface area contributed by atoms with Crippen LogP contribution in [-0.2, 0) is 6.54 Å². The van der Waals surface area contributed by atoms with E-state index in [4.69, 9.17) is 28.9 Å². The first-order valence-corrected chi connectivity index (χ1v) is 6.54. The summed E-state index contributed by atoms with van der Waals surface area (Å²) in [6, 6.07) is 11.3. The predicted molar refractivity (Wildman–Crippen MR) is 79.7 cm³/mol. The Morgan fingerprint density at radius 1 is 1.05 bits per heavy atom. The van der Waals surface area contributed by atoms with Gasteiger partial charge in [0, 0.05) is 11.1 Å². The Balaban J connectivity index is 2.00. The lowest BCUT2D eigenvalue weighted by Crippen LogP contribution is -2.01. The molecule has 0 aliphatic rings. The third-order valence-corrected chi connectivity index (χ3v) is 3.72. The summed E-state index contributed by atoms with van der Waals surface area (Å²) in [6.07, 6.45) is 1.83. The summed E-state index contributed by atoms with van der Waals surface area (Å²) in [4.78, 5) is 0. The van der Waals surface area contributed by atoms with E-state index in [-0.39, 0.29) is 0 Å². The number of anilines is 1. The molecule has 5 heteroatoms. The summed E-state index contributed by atoms with van der Waals surface area (Å²) in [6.45, 7) is 0.629. The van der Waals surface area contributed by atoms with Gasteiger partial charge in [0.25, 0.3) is 0 Å². The molecule has 1 heterocycles. The van der Waals surface area contributed by atoms with Crippen LogP contribution >= 0.6 is 23.2 Å². The molecule has 0 saturated carbocycles. The lowest BCUT2D eigenvalue weighted by molar-refractivity contribution is 0.712. The van der Waals surface area contributed by atoms with Gasteiger partial charge in [-0.2, -0.15) is 5.10 Å². The van der Waals surface area contributed by atoms with Crippen LogP contribution in [0.15, 0.2) is 42.6 Å². The topological polar surface area (TPSA) is 43.8 Å². The first kappa shape index (κ1) is 12.3. The van der Waals surface area contributed by atoms with Crippen molar-refractivity contribution in [3.05, 3.63) is 58.2 Å². The summed E-state index contributed by atoms with van der Waals surface area (Å²) < 4.78 is 1.89. The van der Waals surface area contributed by atoms with Gasteiger partial charge in [-0.1, -0.05) is 29.3 Å². The summed E-state index contributed by atoms with van der Waals surface area (Å²) in [5.41, 5.74) is 8.58. The molecule has 2 N–H and O–H groups in total. The Bertz CT molecular complexity index is 750. The van der Waals surface area contributed by atoms with Crippen LogP contribution in [0.2, 0.25) is 10.0 Å². The van der Waals surface area contributed by atoms with E-state index >= 15 is 0 Å². The maximum atomic E-state index is 6.02. The monoisotopic (exact) mass is 291 g/mol. The minimum absolute atomic E-state index is 0.551. The van der Waals surface area contributed by atoms with E-state index in [0.29, 0.717) is 16.6 Å². The normalized spacial score (nSPS) is 11.1. The van der Waals surface area contributed by atoms with Gasteiger partial charge in [0.05, 0.1) is 28.3 Å². The van der Waals surface area contributed by atoms with E-state index < -0.39 is 0 Å². The molecular weight excluding hydrogens is 281 g/mol. The molecule has 0 amide bonds. The number of hydrogen-bond acceptors (Lipinski definition) is 2. The fraction of sp³-hybridized carbons (Fsp3) is 0.0714. The Kier molecular flexibility index (Phi) is 3.09. The number of fused-ring (bicyclic) bond motifs is 1. The van der Waals surface area contributed by atoms with Gasteiger partial charge in [0.1, 0.15) is 0 Å². The van der Waals surface area contributed by atoms with E-state index in [2.05, 4.69) is 5.10 Å². The maximum Gasteiger partial charge on any atom is 0.0706 e. The van der Waals surface area contributed by atoms with Gasteiger partial charge >= 0.3 is 0 Å². The standard InChI is InChI=1S/C14H11Cl2N3/c15-12-4-1-9(5-13(12)16)8-19-14-6-11(17)3-2-10(14)7-18-19/h1-7H,8,17H2. The second-order valence-corrected chi connectivity index (χ2v) is 5.18. The lowest BCUT2D eigenvalue weighted by Gasteiger charge is -2.06. The molecular formula is C14H11Cl2N3. The number of hydrogen-bond donors (Lipinski definition) is 1. The number of aromatic nitrogens is 2. The third kappa shape index (κ3) is 2.39. The van der Waals surface area contributed by atoms with E-state index in [1.54, 1.807) is 6.07 Å². The van der Waals surface area contributed by atoms with Crippen molar-refractivity contribution < 1.29 is 0 Å². The summed E-state index contributed by atoms with van der Waals surface area (Å²) in [5.74, 6) is 0. The number of nitrogens with two attached hydrogens (primary N) is 1. The lowest BCUT2D eigenvalue weighted by atomic mass is 10.2. The molecule has 0 unspecified atom stereocenters. The molecule has 1 aromatic heterocycles. The highest BCUT2D eigenvalue weighted by atomic mass is 35.5. The molecule has 2 aromatic carbocycles. The highest BCUT2D eigenvalue weighted by Crippen LogP contribution is 2.24. The van der Waals surface area contributed by atoms with Crippen LogP contribution in [0.4, 0.5) is 5.69 Å². The van der Waals surface area contributed by atoms with Crippen molar-refractivity contribution >= 4 is 39.8 Å². The molecule has 3 rings (SSSR count). The van der Waals surface area contributed by atoms with Crippen LogP contribution in [0.3, 0.4) is 0 Å². The van der Waals surface area contributed by atoms with Crippen molar-refractivity contribution in [2.45, 2.75) is 6.54 Å². The van der Waals surface area contributed by atoms with Crippen molar-refractivity contribution in [3.63, 3.8) is 0 Å². The van der Waals surface area contributed by atoms with Gasteiger partial charge in [-0.15, -0.1) is 0 Å². The molecule has 0 fully saturated rings. The SMILES string of the molecule is Nc1ccc2cnn(Cc3ccc(Cl)c(Cl)c3)c2c1. The minimum Gasteiger partial charge on any atom is -0.399 e. The Labute approximate surface area is 120 Å². The van der Waals surface area contributed by atoms with Crippen LogP contribution in [0.25, 0.3) is 10.9 Å². The molecule has 0 radical (unpaired) electrons. The molecule has 0 saturated heterocycles. The number of benzene rings is 2. The summed E-state index contributed by atoms with van der Waals surface area (Å²) in [5, 5.41) is 6.54. The van der Waals surface area contributed by atoms with Gasteiger partial charge < -0.3 is 5.73 Å². The Morgan fingerprint density at radius 2 is 1.89 bits per heavy atom. The Hall–Kier alpha value is -1.71. The van der Waals surface area contributed by atoms with Crippen LogP contribution < -0.4 is 5.73 Å². The molecule has 19 heavy (non-hydrogen) atoms. The molecule has 96 valence electrons. The quantitative estimate of drug-likeness (QED) is 0.726. The number of rotatable bonds is 2. The van der Waals surface area contributed by atoms with Crippen molar-refractivity contribution in [1.29, 1.82) is 0 Å². The number of nitrogen functional groups attached to an aromatic ring is 1. The second-order valence-electron chi connectivity index (χ2n) is 4.37. The fourth-order valence-electron chi connectivity index (χ4n) is 2.02. The van der Waals surface area contributed by atoms with E-state index in [9.17, 15) is 0 Å². The second kappa shape index (κ2) is 4.76. The largest absolute Gasteiger partial charge is 0.399 e. The van der Waals surface area contributed by atoms with Gasteiger partial charge in [0.15, 0.2) is 0 Å². The highest BCUT2D eigenvalue weighted by molar-refractivity contribution is 6.42.